The Morgan fingerprint density at radius 3 is 2.58 bits per heavy atom. The predicted octanol–water partition coefficient (Wildman–Crippen LogP) is 2.03. The molecule has 0 aliphatic rings. The van der Waals surface area contributed by atoms with Crippen LogP contribution in [0.25, 0.3) is 0 Å². The van der Waals surface area contributed by atoms with Gasteiger partial charge in [-0.25, -0.2) is 0 Å². The zero-order chi connectivity index (χ0) is 14.5. The highest BCUT2D eigenvalue weighted by molar-refractivity contribution is 7.98. The van der Waals surface area contributed by atoms with Crippen LogP contribution in [0.2, 0.25) is 0 Å². The van der Waals surface area contributed by atoms with E-state index in [9.17, 15) is 22.8 Å². The van der Waals surface area contributed by atoms with Crippen molar-refractivity contribution < 1.29 is 22.8 Å². The van der Waals surface area contributed by atoms with Crippen LogP contribution in [-0.2, 0) is 9.59 Å². The van der Waals surface area contributed by atoms with Gasteiger partial charge in [0.25, 0.3) is 0 Å². The molecule has 0 spiro atoms. The average Bonchev–Trinajstić information content (AvgIpc) is 2.35. The van der Waals surface area contributed by atoms with E-state index >= 15 is 0 Å². The molecule has 0 saturated heterocycles. The SMILES string of the molecule is CSc1cccc(NC(=O)CNC(=O)C(F)(F)F)c1. The molecule has 0 atom stereocenters. The third-order valence-electron chi connectivity index (χ3n) is 2.02. The van der Waals surface area contributed by atoms with E-state index in [0.717, 1.165) is 4.90 Å². The standard InChI is InChI=1S/C11H11F3N2O2S/c1-19-8-4-2-3-7(5-8)16-9(17)6-15-10(18)11(12,13)14/h2-5H,6H2,1H3,(H,15,18)(H,16,17). The van der Waals surface area contributed by atoms with Crippen LogP contribution in [0.5, 0.6) is 0 Å². The summed E-state index contributed by atoms with van der Waals surface area (Å²) in [7, 11) is 0. The maximum absolute atomic E-state index is 11.9. The highest BCUT2D eigenvalue weighted by Gasteiger charge is 2.38. The fourth-order valence-electron chi connectivity index (χ4n) is 1.17. The second-order valence-corrected chi connectivity index (χ2v) is 4.34. The van der Waals surface area contributed by atoms with Crippen LogP contribution < -0.4 is 10.6 Å². The summed E-state index contributed by atoms with van der Waals surface area (Å²) in [5.74, 6) is -2.86. The van der Waals surface area contributed by atoms with Crippen LogP contribution in [0.4, 0.5) is 18.9 Å². The number of benzene rings is 1. The molecule has 2 N–H and O–H groups in total. The lowest BCUT2D eigenvalue weighted by Crippen LogP contribution is -2.41. The van der Waals surface area contributed by atoms with Gasteiger partial charge in [0.1, 0.15) is 0 Å². The van der Waals surface area contributed by atoms with E-state index in [4.69, 9.17) is 0 Å². The Bertz CT molecular complexity index is 477. The first kappa shape index (κ1) is 15.4. The lowest BCUT2D eigenvalue weighted by atomic mass is 10.3. The Kier molecular flexibility index (Phi) is 5.22. The number of carbonyl (C=O) groups excluding carboxylic acids is 2. The zero-order valence-electron chi connectivity index (χ0n) is 9.88. The Morgan fingerprint density at radius 2 is 2.00 bits per heavy atom. The normalized spacial score (nSPS) is 10.9. The number of carbonyl (C=O) groups is 2. The van der Waals surface area contributed by atoms with E-state index in [0.29, 0.717) is 5.69 Å². The topological polar surface area (TPSA) is 58.2 Å². The molecule has 0 aliphatic carbocycles. The van der Waals surface area contributed by atoms with Gasteiger partial charge in [-0.2, -0.15) is 13.2 Å². The molecule has 0 radical (unpaired) electrons. The molecule has 104 valence electrons. The first-order valence-electron chi connectivity index (χ1n) is 5.12. The Labute approximate surface area is 111 Å². The number of thioether (sulfide) groups is 1. The van der Waals surface area contributed by atoms with Gasteiger partial charge in [-0.3, -0.25) is 9.59 Å². The summed E-state index contributed by atoms with van der Waals surface area (Å²) in [4.78, 5) is 22.7. The maximum Gasteiger partial charge on any atom is 0.471 e. The lowest BCUT2D eigenvalue weighted by Gasteiger charge is -2.09. The maximum atomic E-state index is 11.9. The monoisotopic (exact) mass is 292 g/mol. The van der Waals surface area contributed by atoms with Crippen molar-refractivity contribution in [2.45, 2.75) is 11.1 Å². The molecule has 0 fully saturated rings. The van der Waals surface area contributed by atoms with E-state index in [1.807, 2.05) is 12.3 Å². The predicted molar refractivity (Wildman–Crippen MR) is 65.9 cm³/mol. The van der Waals surface area contributed by atoms with Crippen molar-refractivity contribution in [3.05, 3.63) is 24.3 Å². The number of hydrogen-bond donors (Lipinski definition) is 2. The average molecular weight is 292 g/mol. The van der Waals surface area contributed by atoms with Crippen molar-refractivity contribution in [2.24, 2.45) is 0 Å². The summed E-state index contributed by atoms with van der Waals surface area (Å²) in [6.45, 7) is -0.734. The highest BCUT2D eigenvalue weighted by Crippen LogP contribution is 2.18. The molecule has 1 aromatic rings. The Balaban J connectivity index is 2.49. The van der Waals surface area contributed by atoms with Gasteiger partial charge in [0.05, 0.1) is 6.54 Å². The van der Waals surface area contributed by atoms with Gasteiger partial charge < -0.3 is 10.6 Å². The van der Waals surface area contributed by atoms with Gasteiger partial charge in [0.15, 0.2) is 0 Å². The second kappa shape index (κ2) is 6.46. The number of rotatable bonds is 4. The summed E-state index contributed by atoms with van der Waals surface area (Å²) in [5.41, 5.74) is 0.457. The molecule has 0 unspecified atom stereocenters. The number of amides is 2. The van der Waals surface area contributed by atoms with Crippen LogP contribution in [0.3, 0.4) is 0 Å². The van der Waals surface area contributed by atoms with Gasteiger partial charge in [-0.05, 0) is 24.5 Å². The van der Waals surface area contributed by atoms with E-state index in [2.05, 4.69) is 5.32 Å². The van der Waals surface area contributed by atoms with Crippen LogP contribution in [0.15, 0.2) is 29.2 Å². The minimum atomic E-state index is -4.99. The largest absolute Gasteiger partial charge is 0.471 e. The third-order valence-corrected chi connectivity index (χ3v) is 2.75. The summed E-state index contributed by atoms with van der Waals surface area (Å²) in [6, 6.07) is 6.80. The lowest BCUT2D eigenvalue weighted by molar-refractivity contribution is -0.173. The molecule has 1 aromatic carbocycles. The molecule has 0 heterocycles. The summed E-state index contributed by atoms with van der Waals surface area (Å²) < 4.78 is 35.6. The molecule has 4 nitrogen and oxygen atoms in total. The minimum Gasteiger partial charge on any atom is -0.339 e. The molecule has 0 aliphatic heterocycles. The van der Waals surface area contributed by atoms with Crippen LogP contribution in [-0.4, -0.2) is 30.8 Å². The molecular formula is C11H11F3N2O2S. The minimum absolute atomic E-state index is 0.457. The number of anilines is 1. The van der Waals surface area contributed by atoms with Crippen molar-refractivity contribution >= 4 is 29.3 Å². The van der Waals surface area contributed by atoms with Gasteiger partial charge in [0.2, 0.25) is 5.91 Å². The highest BCUT2D eigenvalue weighted by atomic mass is 32.2. The molecule has 0 bridgehead atoms. The molecule has 0 saturated carbocycles. The summed E-state index contributed by atoms with van der Waals surface area (Å²) in [6.07, 6.45) is -3.14. The number of halogens is 3. The van der Waals surface area contributed by atoms with Crippen molar-refractivity contribution in [1.29, 1.82) is 0 Å². The fourth-order valence-corrected chi connectivity index (χ4v) is 1.63. The van der Waals surface area contributed by atoms with Gasteiger partial charge in [-0.1, -0.05) is 6.07 Å². The molecule has 2 amide bonds. The van der Waals surface area contributed by atoms with Crippen LogP contribution in [0.1, 0.15) is 0 Å². The van der Waals surface area contributed by atoms with Crippen molar-refractivity contribution in [2.75, 3.05) is 18.1 Å². The van der Waals surface area contributed by atoms with Gasteiger partial charge in [0, 0.05) is 10.6 Å². The molecule has 0 aromatic heterocycles. The zero-order valence-corrected chi connectivity index (χ0v) is 10.7. The molecule has 8 heteroatoms. The van der Waals surface area contributed by atoms with Crippen molar-refractivity contribution in [3.63, 3.8) is 0 Å². The quantitative estimate of drug-likeness (QED) is 0.835. The number of alkyl halides is 3. The van der Waals surface area contributed by atoms with Gasteiger partial charge in [-0.15, -0.1) is 11.8 Å². The number of nitrogens with one attached hydrogen (secondary N) is 2. The summed E-state index contributed by atoms with van der Waals surface area (Å²) in [5, 5.41) is 3.88. The molecule has 19 heavy (non-hydrogen) atoms. The molecular weight excluding hydrogens is 281 g/mol. The van der Waals surface area contributed by atoms with E-state index in [1.165, 1.54) is 17.1 Å². The first-order chi connectivity index (χ1) is 8.82. The van der Waals surface area contributed by atoms with E-state index in [1.54, 1.807) is 18.2 Å². The van der Waals surface area contributed by atoms with E-state index < -0.39 is 24.5 Å². The van der Waals surface area contributed by atoms with Crippen LogP contribution >= 0.6 is 11.8 Å². The molecule has 1 rings (SSSR count). The van der Waals surface area contributed by atoms with Crippen molar-refractivity contribution in [3.8, 4) is 0 Å². The fraction of sp³-hybridized carbons (Fsp3) is 0.273. The first-order valence-corrected chi connectivity index (χ1v) is 6.34. The summed E-state index contributed by atoms with van der Waals surface area (Å²) >= 11 is 1.46. The Morgan fingerprint density at radius 1 is 1.32 bits per heavy atom. The third kappa shape index (κ3) is 5.21. The van der Waals surface area contributed by atoms with E-state index in [-0.39, 0.29) is 0 Å². The second-order valence-electron chi connectivity index (χ2n) is 3.46. The number of hydrogen-bond acceptors (Lipinski definition) is 3. The van der Waals surface area contributed by atoms with Gasteiger partial charge >= 0.3 is 12.1 Å². The smallest absolute Gasteiger partial charge is 0.339 e. The van der Waals surface area contributed by atoms with Crippen molar-refractivity contribution in [1.82, 2.24) is 5.32 Å². The van der Waals surface area contributed by atoms with Crippen LogP contribution in [0, 0.1) is 0 Å². The Hall–Kier alpha value is -1.70.